The summed E-state index contributed by atoms with van der Waals surface area (Å²) >= 11 is 0. The smallest absolute Gasteiger partial charge is 0.410 e. The van der Waals surface area contributed by atoms with Crippen LogP contribution >= 0.6 is 0 Å². The molecule has 3 rings (SSSR count). The Morgan fingerprint density at radius 3 is 2.09 bits per heavy atom. The fourth-order valence-electron chi connectivity index (χ4n) is 4.21. The summed E-state index contributed by atoms with van der Waals surface area (Å²) in [6.07, 6.45) is 2.50. The molecule has 0 spiro atoms. The Morgan fingerprint density at radius 2 is 1.56 bits per heavy atom. The van der Waals surface area contributed by atoms with E-state index in [1.807, 2.05) is 25.7 Å². The van der Waals surface area contributed by atoms with Gasteiger partial charge in [-0.15, -0.1) is 0 Å². The molecule has 2 saturated heterocycles. The van der Waals surface area contributed by atoms with E-state index in [1.54, 1.807) is 16.8 Å². The number of nitrogens with one attached hydrogen (secondary N) is 1. The minimum atomic E-state index is -0.588. The van der Waals surface area contributed by atoms with Gasteiger partial charge in [0.2, 0.25) is 0 Å². The lowest BCUT2D eigenvalue weighted by molar-refractivity contribution is 0.0172. The van der Waals surface area contributed by atoms with Crippen LogP contribution in [0.5, 0.6) is 0 Å². The highest BCUT2D eigenvalue weighted by atomic mass is 19.1. The second kappa shape index (κ2) is 9.92. The number of likely N-dealkylation sites (tertiary alicyclic amines) is 1. The van der Waals surface area contributed by atoms with Crippen molar-refractivity contribution in [3.8, 4) is 0 Å². The summed E-state index contributed by atoms with van der Waals surface area (Å²) in [6.45, 7) is 7.88. The summed E-state index contributed by atoms with van der Waals surface area (Å²) in [5.74, 6) is -1.18. The van der Waals surface area contributed by atoms with Crippen LogP contribution in [0.2, 0.25) is 0 Å². The first-order valence-corrected chi connectivity index (χ1v) is 11.2. The molecular weight excluding hydrogens is 418 g/mol. The molecule has 0 aromatic heterocycles. The number of nitrogens with zero attached hydrogens (tertiary/aromatic N) is 3. The van der Waals surface area contributed by atoms with Gasteiger partial charge in [0.05, 0.1) is 0 Å². The number of piperidine rings is 2. The van der Waals surface area contributed by atoms with Gasteiger partial charge in [-0.05, 0) is 58.6 Å². The number of hydrogen-bond donors (Lipinski definition) is 1. The Bertz CT molecular complexity index is 794. The Balaban J connectivity index is 1.43. The lowest BCUT2D eigenvalue weighted by Gasteiger charge is -2.38. The molecule has 2 aliphatic rings. The predicted molar refractivity (Wildman–Crippen MR) is 119 cm³/mol. The van der Waals surface area contributed by atoms with Gasteiger partial charge in [-0.1, -0.05) is 0 Å². The molecule has 2 aliphatic heterocycles. The summed E-state index contributed by atoms with van der Waals surface area (Å²) in [4.78, 5) is 30.3. The first-order valence-electron chi connectivity index (χ1n) is 11.2. The zero-order chi connectivity index (χ0) is 23.5. The van der Waals surface area contributed by atoms with E-state index in [-0.39, 0.29) is 24.2 Å². The standard InChI is InChI=1S/C23H34F2N4O3/c1-23(2,3)32-22(31)29-11-7-19(8-12-29)27(4)21(30)26-18-5-9-28(10-6-18)20-14-16(24)13-17(25)15-20/h13-15,18-19H,5-12H2,1-4H3,(H,26,30). The van der Waals surface area contributed by atoms with Crippen molar-refractivity contribution in [2.75, 3.05) is 38.1 Å². The predicted octanol–water partition coefficient (Wildman–Crippen LogP) is 3.97. The monoisotopic (exact) mass is 452 g/mol. The molecule has 0 radical (unpaired) electrons. The van der Waals surface area contributed by atoms with Crippen LogP contribution in [-0.4, -0.2) is 72.8 Å². The van der Waals surface area contributed by atoms with Crippen LogP contribution in [0.15, 0.2) is 18.2 Å². The topological polar surface area (TPSA) is 65.1 Å². The lowest BCUT2D eigenvalue weighted by atomic mass is 10.0. The van der Waals surface area contributed by atoms with Crippen LogP contribution in [0.3, 0.4) is 0 Å². The van der Waals surface area contributed by atoms with Crippen molar-refractivity contribution in [3.05, 3.63) is 29.8 Å². The molecule has 1 aromatic carbocycles. The molecule has 7 nitrogen and oxygen atoms in total. The molecule has 2 fully saturated rings. The minimum absolute atomic E-state index is 0.0152. The number of ether oxygens (including phenoxy) is 1. The third kappa shape index (κ3) is 6.46. The van der Waals surface area contributed by atoms with Crippen LogP contribution in [-0.2, 0) is 4.74 Å². The molecule has 0 saturated carbocycles. The highest BCUT2D eigenvalue weighted by molar-refractivity contribution is 5.74. The van der Waals surface area contributed by atoms with Gasteiger partial charge in [0, 0.05) is 57.1 Å². The molecule has 9 heteroatoms. The van der Waals surface area contributed by atoms with Gasteiger partial charge in [0.15, 0.2) is 0 Å². The van der Waals surface area contributed by atoms with Crippen molar-refractivity contribution in [3.63, 3.8) is 0 Å². The van der Waals surface area contributed by atoms with E-state index in [0.29, 0.717) is 57.5 Å². The molecule has 0 unspecified atom stereocenters. The van der Waals surface area contributed by atoms with Crippen LogP contribution in [0.25, 0.3) is 0 Å². The zero-order valence-electron chi connectivity index (χ0n) is 19.4. The second-order valence-corrected chi connectivity index (χ2v) is 9.65. The highest BCUT2D eigenvalue weighted by Gasteiger charge is 2.31. The van der Waals surface area contributed by atoms with Crippen molar-refractivity contribution in [2.45, 2.75) is 64.1 Å². The van der Waals surface area contributed by atoms with Crippen LogP contribution in [0.1, 0.15) is 46.5 Å². The number of anilines is 1. The van der Waals surface area contributed by atoms with Gasteiger partial charge in [-0.25, -0.2) is 18.4 Å². The Labute approximate surface area is 188 Å². The van der Waals surface area contributed by atoms with E-state index in [9.17, 15) is 18.4 Å². The molecule has 3 amide bonds. The molecular formula is C23H34F2N4O3. The average molecular weight is 453 g/mol. The van der Waals surface area contributed by atoms with Crippen LogP contribution in [0.4, 0.5) is 24.1 Å². The van der Waals surface area contributed by atoms with Gasteiger partial charge in [-0.2, -0.15) is 0 Å². The second-order valence-electron chi connectivity index (χ2n) is 9.65. The van der Waals surface area contributed by atoms with Crippen molar-refractivity contribution < 1.29 is 23.1 Å². The fraction of sp³-hybridized carbons (Fsp3) is 0.652. The Hall–Kier alpha value is -2.58. The Kier molecular flexibility index (Phi) is 7.46. The number of rotatable bonds is 3. The minimum Gasteiger partial charge on any atom is -0.444 e. The molecule has 2 heterocycles. The van der Waals surface area contributed by atoms with Crippen LogP contribution in [0, 0.1) is 11.6 Å². The number of carbonyl (C=O) groups is 2. The van der Waals surface area contributed by atoms with Crippen molar-refractivity contribution in [1.29, 1.82) is 0 Å². The average Bonchev–Trinajstić information content (AvgIpc) is 2.72. The highest BCUT2D eigenvalue weighted by Crippen LogP contribution is 2.23. The summed E-state index contributed by atoms with van der Waals surface area (Å²) in [7, 11) is 1.79. The number of hydrogen-bond acceptors (Lipinski definition) is 4. The maximum absolute atomic E-state index is 13.5. The van der Waals surface area contributed by atoms with E-state index in [4.69, 9.17) is 4.74 Å². The van der Waals surface area contributed by atoms with Crippen molar-refractivity contribution in [1.82, 2.24) is 15.1 Å². The number of halogens is 2. The molecule has 1 N–H and O–H groups in total. The molecule has 32 heavy (non-hydrogen) atoms. The molecule has 178 valence electrons. The summed E-state index contributed by atoms with van der Waals surface area (Å²) in [5.41, 5.74) is 0.00405. The number of urea groups is 1. The summed E-state index contributed by atoms with van der Waals surface area (Å²) in [6, 6.07) is 3.48. The third-order valence-electron chi connectivity index (χ3n) is 6.02. The first-order chi connectivity index (χ1) is 15.0. The Morgan fingerprint density at radius 1 is 1.00 bits per heavy atom. The van der Waals surface area contributed by atoms with Gasteiger partial charge < -0.3 is 24.8 Å². The quantitative estimate of drug-likeness (QED) is 0.754. The fourth-order valence-corrected chi connectivity index (χ4v) is 4.21. The van der Waals surface area contributed by atoms with Gasteiger partial charge in [0.25, 0.3) is 0 Å². The van der Waals surface area contributed by atoms with Gasteiger partial charge >= 0.3 is 12.1 Å². The maximum atomic E-state index is 13.5. The molecule has 1 aromatic rings. The van der Waals surface area contributed by atoms with E-state index in [0.717, 1.165) is 6.07 Å². The lowest BCUT2D eigenvalue weighted by Crippen LogP contribution is -2.53. The number of carbonyl (C=O) groups excluding carboxylic acids is 2. The SMILES string of the molecule is CN(C(=O)NC1CCN(c2cc(F)cc(F)c2)CC1)C1CCN(C(=O)OC(C)(C)C)CC1. The zero-order valence-corrected chi connectivity index (χ0v) is 19.4. The van der Waals surface area contributed by atoms with Crippen molar-refractivity contribution in [2.24, 2.45) is 0 Å². The van der Waals surface area contributed by atoms with E-state index < -0.39 is 17.2 Å². The first kappa shape index (κ1) is 24.1. The molecule has 0 atom stereocenters. The van der Waals surface area contributed by atoms with Gasteiger partial charge in [-0.3, -0.25) is 0 Å². The largest absolute Gasteiger partial charge is 0.444 e. The van der Waals surface area contributed by atoms with Gasteiger partial charge in [0.1, 0.15) is 17.2 Å². The van der Waals surface area contributed by atoms with E-state index >= 15 is 0 Å². The molecule has 0 bridgehead atoms. The summed E-state index contributed by atoms with van der Waals surface area (Å²) in [5, 5.41) is 3.08. The summed E-state index contributed by atoms with van der Waals surface area (Å²) < 4.78 is 32.4. The number of benzene rings is 1. The van der Waals surface area contributed by atoms with Crippen molar-refractivity contribution >= 4 is 17.8 Å². The maximum Gasteiger partial charge on any atom is 0.410 e. The number of amides is 3. The van der Waals surface area contributed by atoms with E-state index in [2.05, 4.69) is 5.32 Å². The third-order valence-corrected chi connectivity index (χ3v) is 6.02. The van der Waals surface area contributed by atoms with Crippen LogP contribution < -0.4 is 10.2 Å². The molecule has 0 aliphatic carbocycles. The normalized spacial score (nSPS) is 18.4. The van der Waals surface area contributed by atoms with E-state index in [1.165, 1.54) is 12.1 Å².